The van der Waals surface area contributed by atoms with E-state index in [-0.39, 0.29) is 6.61 Å². The van der Waals surface area contributed by atoms with E-state index in [9.17, 15) is 5.11 Å². The van der Waals surface area contributed by atoms with Crippen molar-refractivity contribution in [2.75, 3.05) is 13.2 Å². The molecule has 2 N–H and O–H groups in total. The highest BCUT2D eigenvalue weighted by atomic mass is 16.5. The van der Waals surface area contributed by atoms with E-state index in [1.54, 1.807) is 0 Å². The number of hydrogen-bond acceptors (Lipinski definition) is 3. The Balaban J connectivity index is 1.58. The number of fused-ring (bicyclic) bond motifs is 1. The third-order valence-corrected chi connectivity index (χ3v) is 4.67. The minimum Gasteiger partial charge on any atom is -0.490 e. The molecule has 4 nitrogen and oxygen atoms in total. The quantitative estimate of drug-likeness (QED) is 0.641. The number of nitrogens with zero attached hydrogens (tertiary/aromatic N) is 1. The maximum absolute atomic E-state index is 10.5. The van der Waals surface area contributed by atoms with Crippen molar-refractivity contribution >= 4 is 10.9 Å². The number of aromatic nitrogens is 1. The van der Waals surface area contributed by atoms with Gasteiger partial charge in [0.05, 0.1) is 0 Å². The second-order valence-corrected chi connectivity index (χ2v) is 7.17. The molecule has 0 bridgehead atoms. The van der Waals surface area contributed by atoms with Gasteiger partial charge in [0.2, 0.25) is 0 Å². The van der Waals surface area contributed by atoms with Gasteiger partial charge in [-0.25, -0.2) is 0 Å². The lowest BCUT2D eigenvalue weighted by Crippen LogP contribution is -2.39. The maximum atomic E-state index is 10.5. The number of aromatic amines is 1. The van der Waals surface area contributed by atoms with Crippen LogP contribution in [-0.2, 0) is 6.54 Å². The molecular formula is C22H28N2O2. The molecule has 1 aromatic heterocycles. The van der Waals surface area contributed by atoms with E-state index < -0.39 is 6.10 Å². The van der Waals surface area contributed by atoms with E-state index in [0.717, 1.165) is 23.2 Å². The molecule has 3 aromatic rings. The number of benzene rings is 2. The standard InChI is InChI=1S/C22H28N2O2/c1-16(2)24(13-18-9-7-17(3)8-10-18)14-19(25)15-26-22-6-4-5-21-20(22)11-12-23-21/h4-12,16,19,23,25H,13-15H2,1-3H3. The van der Waals surface area contributed by atoms with Crippen molar-refractivity contribution < 1.29 is 9.84 Å². The molecule has 138 valence electrons. The largest absolute Gasteiger partial charge is 0.490 e. The molecule has 0 amide bonds. The number of nitrogens with one attached hydrogen (secondary N) is 1. The number of H-pyrrole nitrogens is 1. The van der Waals surface area contributed by atoms with Crippen molar-refractivity contribution in [3.63, 3.8) is 0 Å². The number of aliphatic hydroxyl groups is 1. The number of aliphatic hydroxyl groups excluding tert-OH is 1. The predicted octanol–water partition coefficient (Wildman–Crippen LogP) is 4.13. The summed E-state index contributed by atoms with van der Waals surface area (Å²) in [6.07, 6.45) is 1.35. The average Bonchev–Trinajstić information content (AvgIpc) is 3.10. The van der Waals surface area contributed by atoms with Crippen LogP contribution in [0.15, 0.2) is 54.7 Å². The Kier molecular flexibility index (Phi) is 5.96. The summed E-state index contributed by atoms with van der Waals surface area (Å²) in [4.78, 5) is 5.45. The second kappa shape index (κ2) is 8.39. The van der Waals surface area contributed by atoms with Crippen molar-refractivity contribution in [2.45, 2.75) is 39.5 Å². The summed E-state index contributed by atoms with van der Waals surface area (Å²) < 4.78 is 5.89. The van der Waals surface area contributed by atoms with Crippen LogP contribution in [0.4, 0.5) is 0 Å². The lowest BCUT2D eigenvalue weighted by molar-refractivity contribution is 0.0547. The Bertz CT molecular complexity index is 824. The van der Waals surface area contributed by atoms with E-state index in [4.69, 9.17) is 4.74 Å². The van der Waals surface area contributed by atoms with Crippen LogP contribution in [0.2, 0.25) is 0 Å². The van der Waals surface area contributed by atoms with Gasteiger partial charge in [0.25, 0.3) is 0 Å². The van der Waals surface area contributed by atoms with E-state index >= 15 is 0 Å². The molecule has 1 heterocycles. The molecule has 0 aliphatic carbocycles. The Labute approximate surface area is 155 Å². The lowest BCUT2D eigenvalue weighted by Gasteiger charge is -2.29. The Morgan fingerprint density at radius 1 is 1.08 bits per heavy atom. The molecule has 0 saturated heterocycles. The van der Waals surface area contributed by atoms with Gasteiger partial charge in [-0.2, -0.15) is 0 Å². The average molecular weight is 352 g/mol. The van der Waals surface area contributed by atoms with Gasteiger partial charge >= 0.3 is 0 Å². The first-order valence-electron chi connectivity index (χ1n) is 9.19. The Morgan fingerprint density at radius 2 is 1.85 bits per heavy atom. The van der Waals surface area contributed by atoms with Crippen molar-refractivity contribution in [1.82, 2.24) is 9.88 Å². The first kappa shape index (κ1) is 18.5. The second-order valence-electron chi connectivity index (χ2n) is 7.17. The SMILES string of the molecule is Cc1ccc(CN(CC(O)COc2cccc3[nH]ccc23)C(C)C)cc1. The molecule has 3 rings (SSSR count). The topological polar surface area (TPSA) is 48.5 Å². The zero-order chi connectivity index (χ0) is 18.5. The van der Waals surface area contributed by atoms with E-state index in [1.807, 2.05) is 30.5 Å². The van der Waals surface area contributed by atoms with Crippen LogP contribution < -0.4 is 4.74 Å². The molecule has 0 aliphatic heterocycles. The summed E-state index contributed by atoms with van der Waals surface area (Å²) in [5, 5.41) is 11.5. The summed E-state index contributed by atoms with van der Waals surface area (Å²) in [7, 11) is 0. The van der Waals surface area contributed by atoms with Crippen LogP contribution in [0, 0.1) is 6.92 Å². The first-order valence-corrected chi connectivity index (χ1v) is 9.19. The third-order valence-electron chi connectivity index (χ3n) is 4.67. The fourth-order valence-electron chi connectivity index (χ4n) is 3.08. The number of aryl methyl sites for hydroxylation is 1. The molecule has 1 unspecified atom stereocenters. The highest BCUT2D eigenvalue weighted by Crippen LogP contribution is 2.24. The fourth-order valence-corrected chi connectivity index (χ4v) is 3.08. The van der Waals surface area contributed by atoms with Crippen molar-refractivity contribution in [2.24, 2.45) is 0 Å². The predicted molar refractivity (Wildman–Crippen MR) is 107 cm³/mol. The third kappa shape index (κ3) is 4.65. The van der Waals surface area contributed by atoms with Gasteiger partial charge in [0, 0.05) is 36.2 Å². The molecule has 0 aliphatic rings. The van der Waals surface area contributed by atoms with Gasteiger partial charge in [-0.1, -0.05) is 35.9 Å². The van der Waals surface area contributed by atoms with Crippen LogP contribution in [-0.4, -0.2) is 40.3 Å². The summed E-state index contributed by atoms with van der Waals surface area (Å²) in [6, 6.07) is 16.8. The molecule has 4 heteroatoms. The molecule has 0 saturated carbocycles. The van der Waals surface area contributed by atoms with Crippen LogP contribution in [0.5, 0.6) is 5.75 Å². The van der Waals surface area contributed by atoms with Gasteiger partial charge in [0.1, 0.15) is 18.5 Å². The zero-order valence-corrected chi connectivity index (χ0v) is 15.8. The van der Waals surface area contributed by atoms with E-state index in [1.165, 1.54) is 11.1 Å². The number of hydrogen-bond donors (Lipinski definition) is 2. The van der Waals surface area contributed by atoms with E-state index in [0.29, 0.717) is 12.6 Å². The number of rotatable bonds is 8. The Hall–Kier alpha value is -2.30. The normalized spacial score (nSPS) is 12.8. The monoisotopic (exact) mass is 352 g/mol. The van der Waals surface area contributed by atoms with Gasteiger partial charge in [0.15, 0.2) is 0 Å². The first-order chi connectivity index (χ1) is 12.5. The molecule has 0 spiro atoms. The van der Waals surface area contributed by atoms with Crippen LogP contribution in [0.25, 0.3) is 10.9 Å². The minimum absolute atomic E-state index is 0.279. The van der Waals surface area contributed by atoms with Crippen LogP contribution >= 0.6 is 0 Å². The van der Waals surface area contributed by atoms with Crippen molar-refractivity contribution in [3.05, 3.63) is 65.9 Å². The van der Waals surface area contributed by atoms with Gasteiger partial charge in [-0.05, 0) is 44.5 Å². The fraction of sp³-hybridized carbons (Fsp3) is 0.364. The molecule has 1 atom stereocenters. The highest BCUT2D eigenvalue weighted by Gasteiger charge is 2.16. The van der Waals surface area contributed by atoms with Gasteiger partial charge < -0.3 is 14.8 Å². The van der Waals surface area contributed by atoms with E-state index in [2.05, 4.69) is 54.9 Å². The number of ether oxygens (including phenoxy) is 1. The van der Waals surface area contributed by atoms with Crippen LogP contribution in [0.1, 0.15) is 25.0 Å². The van der Waals surface area contributed by atoms with Gasteiger partial charge in [-0.3, -0.25) is 4.90 Å². The molecule has 2 aromatic carbocycles. The van der Waals surface area contributed by atoms with Gasteiger partial charge in [-0.15, -0.1) is 0 Å². The minimum atomic E-state index is -0.544. The highest BCUT2D eigenvalue weighted by molar-refractivity contribution is 5.85. The summed E-state index contributed by atoms with van der Waals surface area (Å²) >= 11 is 0. The smallest absolute Gasteiger partial charge is 0.128 e. The van der Waals surface area contributed by atoms with Crippen LogP contribution in [0.3, 0.4) is 0 Å². The lowest BCUT2D eigenvalue weighted by atomic mass is 10.1. The van der Waals surface area contributed by atoms with Crippen molar-refractivity contribution in [3.8, 4) is 5.75 Å². The molecular weight excluding hydrogens is 324 g/mol. The summed E-state index contributed by atoms with van der Waals surface area (Å²) in [6.45, 7) is 8.08. The Morgan fingerprint density at radius 3 is 2.58 bits per heavy atom. The zero-order valence-electron chi connectivity index (χ0n) is 15.8. The molecule has 26 heavy (non-hydrogen) atoms. The summed E-state index contributed by atoms with van der Waals surface area (Å²) in [5.74, 6) is 0.803. The maximum Gasteiger partial charge on any atom is 0.128 e. The van der Waals surface area contributed by atoms with Crippen molar-refractivity contribution in [1.29, 1.82) is 0 Å². The molecule has 0 fully saturated rings. The summed E-state index contributed by atoms with van der Waals surface area (Å²) in [5.41, 5.74) is 3.56. The molecule has 0 radical (unpaired) electrons.